The van der Waals surface area contributed by atoms with Crippen molar-refractivity contribution in [2.24, 2.45) is 0 Å². The fourth-order valence-electron chi connectivity index (χ4n) is 6.02. The number of halogens is 2. The van der Waals surface area contributed by atoms with Crippen LogP contribution in [0.25, 0.3) is 0 Å². The van der Waals surface area contributed by atoms with E-state index in [-0.39, 0.29) is 33.6 Å². The molecule has 5 nitrogen and oxygen atoms in total. The maximum Gasteiger partial charge on any atom is 0.230 e. The van der Waals surface area contributed by atoms with E-state index in [1.165, 1.54) is 6.07 Å². The molecule has 40 heavy (non-hydrogen) atoms. The first-order valence-electron chi connectivity index (χ1n) is 13.8. The lowest BCUT2D eigenvalue weighted by molar-refractivity contribution is -0.132. The average Bonchev–Trinajstić information content (AvgIpc) is 2.94. The third kappa shape index (κ3) is 6.35. The molecule has 1 fully saturated rings. The van der Waals surface area contributed by atoms with Crippen LogP contribution in [0.1, 0.15) is 48.3 Å². The summed E-state index contributed by atoms with van der Waals surface area (Å²) in [5.74, 6) is -0.496. The summed E-state index contributed by atoms with van der Waals surface area (Å²) >= 11 is 6.24. The van der Waals surface area contributed by atoms with Crippen molar-refractivity contribution >= 4 is 31.8 Å². The summed E-state index contributed by atoms with van der Waals surface area (Å²) < 4.78 is 14.2. The van der Waals surface area contributed by atoms with Crippen LogP contribution in [0.4, 0.5) is 10.1 Å². The number of nitrogens with zero attached hydrogens (tertiary/aromatic N) is 2. The van der Waals surface area contributed by atoms with Gasteiger partial charge in [-0.15, -0.1) is 0 Å². The zero-order chi connectivity index (χ0) is 28.3. The van der Waals surface area contributed by atoms with Crippen molar-refractivity contribution in [2.75, 3.05) is 32.0 Å². The summed E-state index contributed by atoms with van der Waals surface area (Å²) in [6.07, 6.45) is 3.44. The summed E-state index contributed by atoms with van der Waals surface area (Å²) in [7, 11) is 2.36. The number of fused-ring (bicyclic) bond motifs is 2. The molecule has 2 aliphatic rings. The SMILES string of the molecule is C=C1Nc2ccc(F)cc2C2(CCN(CCCC(C(=O)N(C)Cc3ccccc3)c3ccc(O)c(Cl)c3)CC2)P1. The summed E-state index contributed by atoms with van der Waals surface area (Å²) in [6, 6.07) is 20.1. The molecule has 210 valence electrons. The van der Waals surface area contributed by atoms with Crippen molar-refractivity contribution in [3.05, 3.63) is 106 Å². The number of benzene rings is 3. The number of hydrogen-bond donors (Lipinski definition) is 2. The van der Waals surface area contributed by atoms with Crippen LogP contribution in [0, 0.1) is 5.82 Å². The predicted octanol–water partition coefficient (Wildman–Crippen LogP) is 7.27. The fourth-order valence-corrected chi connectivity index (χ4v) is 7.80. The van der Waals surface area contributed by atoms with E-state index in [1.54, 1.807) is 29.2 Å². The lowest BCUT2D eigenvalue weighted by Crippen LogP contribution is -2.42. The first kappa shape index (κ1) is 28.6. The van der Waals surface area contributed by atoms with Crippen molar-refractivity contribution in [1.82, 2.24) is 9.80 Å². The highest BCUT2D eigenvalue weighted by atomic mass is 35.5. The molecule has 3 aromatic carbocycles. The Morgan fingerprint density at radius 2 is 1.93 bits per heavy atom. The van der Waals surface area contributed by atoms with Gasteiger partial charge >= 0.3 is 0 Å². The van der Waals surface area contributed by atoms with Crippen LogP contribution in [-0.2, 0) is 16.5 Å². The van der Waals surface area contributed by atoms with Crippen molar-refractivity contribution in [3.8, 4) is 5.75 Å². The van der Waals surface area contributed by atoms with E-state index >= 15 is 0 Å². The van der Waals surface area contributed by atoms with Gasteiger partial charge in [0.15, 0.2) is 0 Å². The second kappa shape index (κ2) is 12.3. The molecule has 1 amide bonds. The number of phenols is 1. The predicted molar refractivity (Wildman–Crippen MR) is 163 cm³/mol. The number of likely N-dealkylation sites (N-methyl/N-ethyl adjacent to an activating group) is 1. The van der Waals surface area contributed by atoms with Crippen molar-refractivity contribution < 1.29 is 14.3 Å². The third-order valence-corrected chi connectivity index (χ3v) is 10.1. The van der Waals surface area contributed by atoms with Gasteiger partial charge in [-0.25, -0.2) is 4.39 Å². The van der Waals surface area contributed by atoms with Gasteiger partial charge in [0, 0.05) is 29.9 Å². The van der Waals surface area contributed by atoms with Crippen LogP contribution < -0.4 is 5.32 Å². The maximum atomic E-state index is 14.2. The third-order valence-electron chi connectivity index (χ3n) is 8.16. The Balaban J connectivity index is 1.24. The normalized spacial score (nSPS) is 17.8. The molecule has 2 unspecified atom stereocenters. The molecule has 2 heterocycles. The molecule has 0 aromatic heterocycles. The van der Waals surface area contributed by atoms with E-state index in [0.717, 1.165) is 66.7 Å². The number of carbonyl (C=O) groups excluding carboxylic acids is 1. The number of piperidine rings is 1. The molecule has 0 aliphatic carbocycles. The molecular formula is C32H36ClFN3O2P. The lowest BCUT2D eigenvalue weighted by Gasteiger charge is -2.46. The maximum absolute atomic E-state index is 14.2. The zero-order valence-corrected chi connectivity index (χ0v) is 24.6. The smallest absolute Gasteiger partial charge is 0.230 e. The van der Waals surface area contributed by atoms with Gasteiger partial charge in [-0.3, -0.25) is 4.79 Å². The Bertz CT molecular complexity index is 1380. The molecule has 0 saturated carbocycles. The minimum Gasteiger partial charge on any atom is -0.506 e. The van der Waals surface area contributed by atoms with Crippen LogP contribution in [0.15, 0.2) is 78.7 Å². The first-order chi connectivity index (χ1) is 19.2. The van der Waals surface area contributed by atoms with E-state index in [0.29, 0.717) is 21.5 Å². The molecule has 1 saturated heterocycles. The van der Waals surface area contributed by atoms with Crippen molar-refractivity contribution in [2.45, 2.75) is 43.3 Å². The minimum atomic E-state index is -0.355. The summed E-state index contributed by atoms with van der Waals surface area (Å²) in [5, 5.41) is 13.5. The second-order valence-electron chi connectivity index (χ2n) is 10.9. The number of hydrogen-bond acceptors (Lipinski definition) is 4. The summed E-state index contributed by atoms with van der Waals surface area (Å²) in [4.78, 5) is 17.9. The number of anilines is 1. The van der Waals surface area contributed by atoms with Crippen LogP contribution in [0.2, 0.25) is 5.02 Å². The Hall–Kier alpha value is -2.92. The number of nitrogens with one attached hydrogen (secondary N) is 1. The van der Waals surface area contributed by atoms with Gasteiger partial charge < -0.3 is 20.2 Å². The largest absolute Gasteiger partial charge is 0.506 e. The molecular weight excluding hydrogens is 544 g/mol. The molecule has 2 atom stereocenters. The second-order valence-corrected chi connectivity index (χ2v) is 13.1. The quantitative estimate of drug-likeness (QED) is 0.276. The zero-order valence-electron chi connectivity index (χ0n) is 22.8. The highest BCUT2D eigenvalue weighted by Gasteiger charge is 2.41. The molecule has 5 rings (SSSR count). The standard InChI is InChI=1S/C32H36ClFN3O2P/c1-22-35-29-12-11-25(34)20-27(29)32(40-22)14-17-37(18-15-32)16-6-9-26(24-10-13-30(38)28(33)19-24)31(39)36(2)21-23-7-4-3-5-8-23/h3-5,7-8,10-13,19-20,26,35,38,40H,1,6,9,14-18,21H2,2H3. The number of rotatable bonds is 8. The van der Waals surface area contributed by atoms with Crippen molar-refractivity contribution in [1.29, 1.82) is 0 Å². The molecule has 0 bridgehead atoms. The van der Waals surface area contributed by atoms with Crippen LogP contribution in [0.5, 0.6) is 5.75 Å². The molecule has 2 N–H and O–H groups in total. The summed E-state index contributed by atoms with van der Waals surface area (Å²) in [5.41, 5.74) is 4.96. The molecule has 1 spiro atoms. The van der Waals surface area contributed by atoms with Crippen LogP contribution >= 0.6 is 20.2 Å². The monoisotopic (exact) mass is 579 g/mol. The van der Waals surface area contributed by atoms with Crippen LogP contribution in [0.3, 0.4) is 0 Å². The van der Waals surface area contributed by atoms with E-state index in [9.17, 15) is 14.3 Å². The number of phenolic OH excluding ortho intramolecular Hbond substituents is 1. The van der Waals surface area contributed by atoms with Gasteiger partial charge in [0.1, 0.15) is 11.6 Å². The van der Waals surface area contributed by atoms with Crippen LogP contribution in [-0.4, -0.2) is 47.5 Å². The van der Waals surface area contributed by atoms with Gasteiger partial charge in [0.2, 0.25) is 5.91 Å². The number of amides is 1. The minimum absolute atomic E-state index is 0.0132. The molecule has 0 radical (unpaired) electrons. The number of carbonyl (C=O) groups is 1. The van der Waals surface area contributed by atoms with Gasteiger partial charge in [-0.1, -0.05) is 63.2 Å². The molecule has 3 aromatic rings. The lowest BCUT2D eigenvalue weighted by atomic mass is 9.86. The van der Waals surface area contributed by atoms with Crippen molar-refractivity contribution in [3.63, 3.8) is 0 Å². The highest BCUT2D eigenvalue weighted by Crippen LogP contribution is 2.58. The van der Waals surface area contributed by atoms with E-state index in [1.807, 2.05) is 43.4 Å². The molecule has 2 aliphatic heterocycles. The average molecular weight is 580 g/mol. The Morgan fingerprint density at radius 1 is 1.18 bits per heavy atom. The molecule has 8 heteroatoms. The fraction of sp³-hybridized carbons (Fsp3) is 0.344. The van der Waals surface area contributed by atoms with E-state index < -0.39 is 0 Å². The van der Waals surface area contributed by atoms with Gasteiger partial charge in [0.05, 0.1) is 10.9 Å². The Labute approximate surface area is 242 Å². The Morgan fingerprint density at radius 3 is 2.65 bits per heavy atom. The van der Waals surface area contributed by atoms with Gasteiger partial charge in [-0.2, -0.15) is 0 Å². The number of aromatic hydroxyl groups is 1. The van der Waals surface area contributed by atoms with E-state index in [2.05, 4.69) is 16.8 Å². The van der Waals surface area contributed by atoms with Gasteiger partial charge in [0.25, 0.3) is 0 Å². The van der Waals surface area contributed by atoms with E-state index in [4.69, 9.17) is 11.6 Å². The van der Waals surface area contributed by atoms with Gasteiger partial charge in [-0.05, 0) is 92.3 Å². The highest BCUT2D eigenvalue weighted by molar-refractivity contribution is 7.44. The first-order valence-corrected chi connectivity index (χ1v) is 15.2. The summed E-state index contributed by atoms with van der Waals surface area (Å²) in [6.45, 7) is 7.46. The Kier molecular flexibility index (Phi) is 8.80. The topological polar surface area (TPSA) is 55.8 Å². The number of likely N-dealkylation sites (tertiary alicyclic amines) is 1.